The average Bonchev–Trinajstić information content (AvgIpc) is 3.24. The number of nitrogens with zero attached hydrogens (tertiary/aromatic N) is 5. The number of fused-ring (bicyclic) bond motifs is 1. The smallest absolute Gasteiger partial charge is 0.254 e. The Morgan fingerprint density at radius 3 is 2.81 bits per heavy atom. The van der Waals surface area contributed by atoms with Gasteiger partial charge in [-0.15, -0.1) is 5.10 Å². The Morgan fingerprint density at radius 1 is 1.19 bits per heavy atom. The SMILES string of the molecule is Cc1nnnn1-c1cccc(NC(=O)CCN2Cc3ccccc3C2=O)c1. The van der Waals surface area contributed by atoms with Crippen LogP contribution in [0, 0.1) is 6.92 Å². The summed E-state index contributed by atoms with van der Waals surface area (Å²) in [7, 11) is 0. The molecule has 0 fully saturated rings. The molecule has 136 valence electrons. The fraction of sp³-hybridized carbons (Fsp3) is 0.211. The van der Waals surface area contributed by atoms with Crippen molar-refractivity contribution >= 4 is 17.5 Å². The second kappa shape index (κ2) is 6.99. The zero-order valence-corrected chi connectivity index (χ0v) is 14.8. The summed E-state index contributed by atoms with van der Waals surface area (Å²) in [5, 5.41) is 14.3. The van der Waals surface area contributed by atoms with Gasteiger partial charge in [0, 0.05) is 30.8 Å². The van der Waals surface area contributed by atoms with Gasteiger partial charge in [0.1, 0.15) is 0 Å². The number of carbonyl (C=O) groups excluding carboxylic acids is 2. The van der Waals surface area contributed by atoms with E-state index in [0.29, 0.717) is 24.6 Å². The lowest BCUT2D eigenvalue weighted by Crippen LogP contribution is -2.28. The molecule has 0 atom stereocenters. The first-order valence-corrected chi connectivity index (χ1v) is 8.64. The number of hydrogen-bond donors (Lipinski definition) is 1. The van der Waals surface area contributed by atoms with Gasteiger partial charge in [0.25, 0.3) is 5.91 Å². The predicted octanol–water partition coefficient (Wildman–Crippen LogP) is 1.96. The molecule has 2 aromatic carbocycles. The highest BCUT2D eigenvalue weighted by atomic mass is 16.2. The highest BCUT2D eigenvalue weighted by molar-refractivity contribution is 5.98. The van der Waals surface area contributed by atoms with E-state index in [1.54, 1.807) is 28.6 Å². The molecule has 0 radical (unpaired) electrons. The van der Waals surface area contributed by atoms with Gasteiger partial charge in [-0.3, -0.25) is 9.59 Å². The van der Waals surface area contributed by atoms with Crippen molar-refractivity contribution in [2.75, 3.05) is 11.9 Å². The van der Waals surface area contributed by atoms with Crippen molar-refractivity contribution in [1.82, 2.24) is 25.1 Å². The summed E-state index contributed by atoms with van der Waals surface area (Å²) in [4.78, 5) is 26.4. The van der Waals surface area contributed by atoms with E-state index in [4.69, 9.17) is 0 Å². The van der Waals surface area contributed by atoms with Crippen molar-refractivity contribution in [1.29, 1.82) is 0 Å². The highest BCUT2D eigenvalue weighted by Crippen LogP contribution is 2.22. The maximum Gasteiger partial charge on any atom is 0.254 e. The quantitative estimate of drug-likeness (QED) is 0.749. The van der Waals surface area contributed by atoms with Crippen molar-refractivity contribution in [2.24, 2.45) is 0 Å². The van der Waals surface area contributed by atoms with Crippen LogP contribution in [0.3, 0.4) is 0 Å². The molecular formula is C19H18N6O2. The van der Waals surface area contributed by atoms with Crippen LogP contribution in [-0.4, -0.2) is 43.5 Å². The van der Waals surface area contributed by atoms with E-state index in [9.17, 15) is 9.59 Å². The summed E-state index contributed by atoms with van der Waals surface area (Å²) in [6, 6.07) is 14.8. The number of hydrogen-bond acceptors (Lipinski definition) is 5. The van der Waals surface area contributed by atoms with Gasteiger partial charge in [-0.05, 0) is 47.2 Å². The second-order valence-corrected chi connectivity index (χ2v) is 6.37. The summed E-state index contributed by atoms with van der Waals surface area (Å²) < 4.78 is 1.59. The molecule has 3 aromatic rings. The maximum atomic E-state index is 12.3. The Balaban J connectivity index is 1.37. The molecule has 27 heavy (non-hydrogen) atoms. The van der Waals surface area contributed by atoms with Crippen molar-refractivity contribution < 1.29 is 9.59 Å². The number of amides is 2. The number of aromatic nitrogens is 4. The molecule has 0 saturated heterocycles. The fourth-order valence-electron chi connectivity index (χ4n) is 3.14. The third-order valence-corrected chi connectivity index (χ3v) is 4.50. The molecule has 8 heteroatoms. The van der Waals surface area contributed by atoms with E-state index >= 15 is 0 Å². The molecule has 0 saturated carbocycles. The van der Waals surface area contributed by atoms with E-state index in [0.717, 1.165) is 16.8 Å². The summed E-state index contributed by atoms with van der Waals surface area (Å²) in [5.74, 6) is 0.490. The Morgan fingerprint density at radius 2 is 2.04 bits per heavy atom. The first-order chi connectivity index (χ1) is 13.1. The summed E-state index contributed by atoms with van der Waals surface area (Å²) in [6.45, 7) is 2.73. The Kier molecular flexibility index (Phi) is 4.37. The number of tetrazole rings is 1. The van der Waals surface area contributed by atoms with E-state index in [2.05, 4.69) is 20.8 Å². The maximum absolute atomic E-state index is 12.3. The lowest BCUT2D eigenvalue weighted by atomic mass is 10.1. The molecule has 2 amide bonds. The Bertz CT molecular complexity index is 1010. The third kappa shape index (κ3) is 3.41. The van der Waals surface area contributed by atoms with Crippen LogP contribution in [0.4, 0.5) is 5.69 Å². The van der Waals surface area contributed by atoms with E-state index in [1.807, 2.05) is 36.4 Å². The topological polar surface area (TPSA) is 93.0 Å². The van der Waals surface area contributed by atoms with Gasteiger partial charge in [0.15, 0.2) is 5.82 Å². The molecule has 0 bridgehead atoms. The monoisotopic (exact) mass is 362 g/mol. The Labute approximate surface area is 155 Å². The van der Waals surface area contributed by atoms with Crippen LogP contribution in [0.1, 0.15) is 28.2 Å². The van der Waals surface area contributed by atoms with Crippen molar-refractivity contribution in [2.45, 2.75) is 19.9 Å². The standard InChI is InChI=1S/C19H18N6O2/c1-13-21-22-23-25(13)16-7-4-6-15(11-16)20-18(26)9-10-24-12-14-5-2-3-8-17(14)19(24)27/h2-8,11H,9-10,12H2,1H3,(H,20,26). The predicted molar refractivity (Wildman–Crippen MR) is 98.3 cm³/mol. The zero-order chi connectivity index (χ0) is 18.8. The number of aryl methyl sites for hydroxylation is 1. The number of nitrogens with one attached hydrogen (secondary N) is 1. The second-order valence-electron chi connectivity index (χ2n) is 6.37. The molecule has 0 aliphatic carbocycles. The molecule has 8 nitrogen and oxygen atoms in total. The van der Waals surface area contributed by atoms with Crippen molar-refractivity contribution in [3.8, 4) is 5.69 Å². The van der Waals surface area contributed by atoms with Gasteiger partial charge in [-0.1, -0.05) is 24.3 Å². The van der Waals surface area contributed by atoms with Gasteiger partial charge in [-0.25, -0.2) is 0 Å². The molecule has 1 aliphatic rings. The largest absolute Gasteiger partial charge is 0.334 e. The molecule has 1 aliphatic heterocycles. The number of benzene rings is 2. The van der Waals surface area contributed by atoms with Gasteiger partial charge in [0.2, 0.25) is 5.91 Å². The Hall–Kier alpha value is -3.55. The summed E-state index contributed by atoms with van der Waals surface area (Å²) in [5.41, 5.74) is 3.15. The first-order valence-electron chi connectivity index (χ1n) is 8.64. The molecular weight excluding hydrogens is 344 g/mol. The van der Waals surface area contributed by atoms with E-state index in [-0.39, 0.29) is 18.2 Å². The van der Waals surface area contributed by atoms with Gasteiger partial charge < -0.3 is 10.2 Å². The summed E-state index contributed by atoms with van der Waals surface area (Å²) in [6.07, 6.45) is 0.230. The molecule has 4 rings (SSSR count). The first kappa shape index (κ1) is 16.9. The van der Waals surface area contributed by atoms with Gasteiger partial charge in [-0.2, -0.15) is 4.68 Å². The van der Waals surface area contributed by atoms with Crippen LogP contribution >= 0.6 is 0 Å². The minimum absolute atomic E-state index is 0.0189. The van der Waals surface area contributed by atoms with Crippen LogP contribution in [0.2, 0.25) is 0 Å². The van der Waals surface area contributed by atoms with Crippen LogP contribution in [0.25, 0.3) is 5.69 Å². The summed E-state index contributed by atoms with van der Waals surface area (Å²) >= 11 is 0. The van der Waals surface area contributed by atoms with Crippen LogP contribution in [0.15, 0.2) is 48.5 Å². The molecule has 0 unspecified atom stereocenters. The number of anilines is 1. The molecule has 1 aromatic heterocycles. The van der Waals surface area contributed by atoms with Crippen LogP contribution in [-0.2, 0) is 11.3 Å². The molecule has 2 heterocycles. The number of rotatable bonds is 5. The van der Waals surface area contributed by atoms with Crippen LogP contribution < -0.4 is 5.32 Å². The molecule has 0 spiro atoms. The highest BCUT2D eigenvalue weighted by Gasteiger charge is 2.26. The molecule has 1 N–H and O–H groups in total. The fourth-order valence-corrected chi connectivity index (χ4v) is 3.14. The average molecular weight is 362 g/mol. The van der Waals surface area contributed by atoms with Crippen LogP contribution in [0.5, 0.6) is 0 Å². The van der Waals surface area contributed by atoms with Gasteiger partial charge >= 0.3 is 0 Å². The van der Waals surface area contributed by atoms with E-state index in [1.165, 1.54) is 0 Å². The van der Waals surface area contributed by atoms with Crippen molar-refractivity contribution in [3.63, 3.8) is 0 Å². The van der Waals surface area contributed by atoms with Gasteiger partial charge in [0.05, 0.1) is 5.69 Å². The normalized spacial score (nSPS) is 12.9. The number of carbonyl (C=O) groups is 2. The van der Waals surface area contributed by atoms with Crippen molar-refractivity contribution in [3.05, 3.63) is 65.5 Å². The third-order valence-electron chi connectivity index (χ3n) is 4.50. The minimum atomic E-state index is -0.149. The lowest BCUT2D eigenvalue weighted by molar-refractivity contribution is -0.116. The van der Waals surface area contributed by atoms with E-state index < -0.39 is 0 Å². The minimum Gasteiger partial charge on any atom is -0.334 e. The lowest BCUT2D eigenvalue weighted by Gasteiger charge is -2.15. The zero-order valence-electron chi connectivity index (χ0n) is 14.8.